The van der Waals surface area contributed by atoms with Gasteiger partial charge in [0.15, 0.2) is 11.6 Å². The lowest BCUT2D eigenvalue weighted by Crippen LogP contribution is -2.31. The molecule has 1 aromatic heterocycles. The number of aromatic nitrogens is 2. The predicted octanol–water partition coefficient (Wildman–Crippen LogP) is 4.06. The van der Waals surface area contributed by atoms with Crippen molar-refractivity contribution >= 4 is 11.8 Å². The van der Waals surface area contributed by atoms with Gasteiger partial charge >= 0.3 is 6.09 Å². The van der Waals surface area contributed by atoms with Gasteiger partial charge in [0.2, 0.25) is 0 Å². The highest BCUT2D eigenvalue weighted by Crippen LogP contribution is 2.20. The van der Waals surface area contributed by atoms with E-state index in [-0.39, 0.29) is 12.1 Å². The van der Waals surface area contributed by atoms with E-state index < -0.39 is 17.7 Å². The minimum Gasteiger partial charge on any atom is -0.465 e. The molecule has 3 rings (SSSR count). The van der Waals surface area contributed by atoms with Gasteiger partial charge in [0.25, 0.3) is 5.56 Å². The molecule has 2 aromatic carbocycles. The Hall–Kier alpha value is -3.59. The third-order valence-corrected chi connectivity index (χ3v) is 5.10. The molecule has 1 N–H and O–H groups in total. The minimum atomic E-state index is -1.05. The van der Waals surface area contributed by atoms with Gasteiger partial charge in [-0.15, -0.1) is 0 Å². The Labute approximate surface area is 190 Å². The lowest BCUT2D eigenvalue weighted by atomic mass is 10.1. The van der Waals surface area contributed by atoms with E-state index in [1.54, 1.807) is 24.3 Å². The largest absolute Gasteiger partial charge is 0.465 e. The van der Waals surface area contributed by atoms with Crippen LogP contribution in [-0.2, 0) is 6.54 Å². The van der Waals surface area contributed by atoms with E-state index in [9.17, 15) is 23.5 Å². The number of carboxylic acid groups (broad SMARTS) is 1. The molecule has 9 heteroatoms. The number of benzene rings is 2. The van der Waals surface area contributed by atoms with Gasteiger partial charge < -0.3 is 10.0 Å². The molecule has 0 saturated heterocycles. The van der Waals surface area contributed by atoms with Crippen LogP contribution in [0.3, 0.4) is 0 Å². The summed E-state index contributed by atoms with van der Waals surface area (Å²) in [5, 5.41) is 13.9. The molecule has 3 aromatic rings. The van der Waals surface area contributed by atoms with Crippen molar-refractivity contribution in [3.63, 3.8) is 0 Å². The van der Waals surface area contributed by atoms with Crippen LogP contribution >= 0.6 is 0 Å². The second kappa shape index (κ2) is 10.8. The summed E-state index contributed by atoms with van der Waals surface area (Å²) in [5.41, 5.74) is 1.48. The molecule has 0 saturated carbocycles. The van der Waals surface area contributed by atoms with Crippen molar-refractivity contribution in [3.8, 4) is 11.3 Å². The summed E-state index contributed by atoms with van der Waals surface area (Å²) in [4.78, 5) is 27.5. The van der Waals surface area contributed by atoms with Crippen LogP contribution in [0.25, 0.3) is 11.3 Å². The molecule has 174 valence electrons. The van der Waals surface area contributed by atoms with Crippen molar-refractivity contribution < 1.29 is 18.7 Å². The standard InChI is InChI=1S/C24H26F2N4O3/c1-28(2)12-3-4-13-29(24(32)33)19-7-5-6-17(14-19)16-30-23(31)11-10-22(27-30)18-8-9-20(25)21(26)15-18/h5-11,14-15H,3-4,12-13,16H2,1-2H3,(H,32,33). The molecule has 0 aliphatic carbocycles. The van der Waals surface area contributed by atoms with Crippen molar-refractivity contribution in [2.24, 2.45) is 0 Å². The van der Waals surface area contributed by atoms with Crippen LogP contribution in [0.4, 0.5) is 19.3 Å². The molecule has 1 heterocycles. The summed E-state index contributed by atoms with van der Waals surface area (Å²) < 4.78 is 28.0. The van der Waals surface area contributed by atoms with E-state index in [0.717, 1.165) is 25.1 Å². The molecule has 7 nitrogen and oxygen atoms in total. The van der Waals surface area contributed by atoms with Crippen molar-refractivity contribution in [1.82, 2.24) is 14.7 Å². The van der Waals surface area contributed by atoms with Crippen LogP contribution in [0.5, 0.6) is 0 Å². The molecule has 0 aliphatic heterocycles. The summed E-state index contributed by atoms with van der Waals surface area (Å²) >= 11 is 0. The Kier molecular flexibility index (Phi) is 7.89. The second-order valence-corrected chi connectivity index (χ2v) is 7.96. The van der Waals surface area contributed by atoms with Crippen molar-refractivity contribution in [1.29, 1.82) is 0 Å². The summed E-state index contributed by atoms with van der Waals surface area (Å²) in [5.74, 6) is -1.97. The van der Waals surface area contributed by atoms with Crippen LogP contribution in [0, 0.1) is 11.6 Å². The van der Waals surface area contributed by atoms with Gasteiger partial charge in [-0.1, -0.05) is 12.1 Å². The van der Waals surface area contributed by atoms with Gasteiger partial charge in [-0.05, 0) is 75.4 Å². The van der Waals surface area contributed by atoms with E-state index in [1.807, 2.05) is 19.0 Å². The van der Waals surface area contributed by atoms with Crippen LogP contribution in [-0.4, -0.2) is 53.1 Å². The highest BCUT2D eigenvalue weighted by atomic mass is 19.2. The van der Waals surface area contributed by atoms with Crippen molar-refractivity contribution in [2.75, 3.05) is 32.1 Å². The molecule has 0 radical (unpaired) electrons. The van der Waals surface area contributed by atoms with Crippen molar-refractivity contribution in [3.05, 3.63) is 82.1 Å². The molecule has 0 spiro atoms. The quantitative estimate of drug-likeness (QED) is 0.491. The Bertz CT molecular complexity index is 1180. The van der Waals surface area contributed by atoms with Crippen LogP contribution in [0.1, 0.15) is 18.4 Å². The fourth-order valence-corrected chi connectivity index (χ4v) is 3.40. The fraction of sp³-hybridized carbons (Fsp3) is 0.292. The van der Waals surface area contributed by atoms with Gasteiger partial charge in [0, 0.05) is 23.9 Å². The topological polar surface area (TPSA) is 78.7 Å². The smallest absolute Gasteiger partial charge is 0.411 e. The first-order valence-corrected chi connectivity index (χ1v) is 10.5. The molecule has 1 amide bonds. The van der Waals surface area contributed by atoms with Gasteiger partial charge in [-0.3, -0.25) is 9.69 Å². The predicted molar refractivity (Wildman–Crippen MR) is 123 cm³/mol. The lowest BCUT2D eigenvalue weighted by molar-refractivity contribution is 0.201. The molecular weight excluding hydrogens is 430 g/mol. The first-order chi connectivity index (χ1) is 15.7. The summed E-state index contributed by atoms with van der Waals surface area (Å²) in [6.45, 7) is 1.32. The first-order valence-electron chi connectivity index (χ1n) is 10.5. The van der Waals surface area contributed by atoms with E-state index in [4.69, 9.17) is 0 Å². The zero-order valence-corrected chi connectivity index (χ0v) is 18.5. The molecule has 0 atom stereocenters. The number of hydrogen-bond acceptors (Lipinski definition) is 4. The third-order valence-electron chi connectivity index (χ3n) is 5.10. The molecule has 0 fully saturated rings. The highest BCUT2D eigenvalue weighted by molar-refractivity contribution is 5.86. The number of rotatable bonds is 9. The van der Waals surface area contributed by atoms with E-state index >= 15 is 0 Å². The van der Waals surface area contributed by atoms with E-state index in [1.165, 1.54) is 27.8 Å². The molecule has 0 bridgehead atoms. The van der Waals surface area contributed by atoms with Crippen LogP contribution < -0.4 is 10.5 Å². The van der Waals surface area contributed by atoms with E-state index in [0.29, 0.717) is 35.5 Å². The second-order valence-electron chi connectivity index (χ2n) is 7.96. The van der Waals surface area contributed by atoms with Gasteiger partial charge in [-0.2, -0.15) is 5.10 Å². The number of anilines is 1. The van der Waals surface area contributed by atoms with Crippen LogP contribution in [0.15, 0.2) is 59.4 Å². The molecule has 0 unspecified atom stereocenters. The first kappa shape index (κ1) is 24.1. The Balaban J connectivity index is 1.81. The average Bonchev–Trinajstić information content (AvgIpc) is 2.77. The number of carbonyl (C=O) groups is 1. The zero-order chi connectivity index (χ0) is 24.0. The maximum absolute atomic E-state index is 13.6. The van der Waals surface area contributed by atoms with Gasteiger partial charge in [-0.25, -0.2) is 18.3 Å². The minimum absolute atomic E-state index is 0.0955. The zero-order valence-electron chi connectivity index (χ0n) is 18.5. The number of nitrogens with zero attached hydrogens (tertiary/aromatic N) is 4. The summed E-state index contributed by atoms with van der Waals surface area (Å²) in [7, 11) is 3.94. The van der Waals surface area contributed by atoms with Gasteiger partial charge in [0.1, 0.15) is 0 Å². The normalized spacial score (nSPS) is 11.1. The monoisotopic (exact) mass is 456 g/mol. The Morgan fingerprint density at radius 1 is 1.00 bits per heavy atom. The maximum Gasteiger partial charge on any atom is 0.411 e. The Morgan fingerprint density at radius 3 is 2.45 bits per heavy atom. The highest BCUT2D eigenvalue weighted by Gasteiger charge is 2.15. The van der Waals surface area contributed by atoms with Gasteiger partial charge in [0.05, 0.1) is 12.2 Å². The average molecular weight is 456 g/mol. The number of hydrogen-bond donors (Lipinski definition) is 1. The van der Waals surface area contributed by atoms with Crippen LogP contribution in [0.2, 0.25) is 0 Å². The van der Waals surface area contributed by atoms with E-state index in [2.05, 4.69) is 5.10 Å². The molecule has 33 heavy (non-hydrogen) atoms. The Morgan fingerprint density at radius 2 is 1.76 bits per heavy atom. The number of halogens is 2. The molecule has 0 aliphatic rings. The third kappa shape index (κ3) is 6.45. The summed E-state index contributed by atoms with van der Waals surface area (Å²) in [6, 6.07) is 13.1. The summed E-state index contributed by atoms with van der Waals surface area (Å²) in [6.07, 6.45) is 0.533. The number of amides is 1. The maximum atomic E-state index is 13.6. The lowest BCUT2D eigenvalue weighted by Gasteiger charge is -2.20. The number of unbranched alkanes of at least 4 members (excludes halogenated alkanes) is 1. The molecular formula is C24H26F2N4O3. The van der Waals surface area contributed by atoms with Crippen molar-refractivity contribution in [2.45, 2.75) is 19.4 Å². The SMILES string of the molecule is CN(C)CCCCN(C(=O)O)c1cccc(Cn2nc(-c3ccc(F)c(F)c3)ccc2=O)c1. The fourth-order valence-electron chi connectivity index (χ4n) is 3.40.